The summed E-state index contributed by atoms with van der Waals surface area (Å²) in [5.41, 5.74) is 2.43. The molecular formula is C40H48N2O13. The summed E-state index contributed by atoms with van der Waals surface area (Å²) >= 11 is 0. The normalized spacial score (nSPS) is 30.0. The molecule has 0 bridgehead atoms. The molecular weight excluding hydrogens is 716 g/mol. The second kappa shape index (κ2) is 17.0. The van der Waals surface area contributed by atoms with Crippen molar-refractivity contribution >= 4 is 23.9 Å². The number of rotatable bonds is 15. The van der Waals surface area contributed by atoms with Gasteiger partial charge in [0, 0.05) is 42.5 Å². The van der Waals surface area contributed by atoms with Gasteiger partial charge in [-0.2, -0.15) is 0 Å². The van der Waals surface area contributed by atoms with E-state index in [0.29, 0.717) is 22.3 Å². The van der Waals surface area contributed by atoms with Crippen LogP contribution in [-0.4, -0.2) is 124 Å². The molecule has 3 aliphatic carbocycles. The predicted octanol–water partition coefficient (Wildman–Crippen LogP) is 0.711. The summed E-state index contributed by atoms with van der Waals surface area (Å²) in [7, 11) is 0. The molecule has 2 heterocycles. The molecule has 4 fully saturated rings. The second-order valence-electron chi connectivity index (χ2n) is 14.7. The van der Waals surface area contributed by atoms with E-state index >= 15 is 0 Å². The average molecular weight is 765 g/mol. The molecule has 8 atom stereocenters. The highest BCUT2D eigenvalue weighted by atomic mass is 16.8. The maximum atomic E-state index is 13.7. The van der Waals surface area contributed by atoms with E-state index in [1.54, 1.807) is 66.8 Å². The van der Waals surface area contributed by atoms with Gasteiger partial charge in [0.05, 0.1) is 25.4 Å². The van der Waals surface area contributed by atoms with Crippen molar-refractivity contribution in [2.24, 2.45) is 11.8 Å². The van der Waals surface area contributed by atoms with Gasteiger partial charge in [-0.1, -0.05) is 36.4 Å². The number of fused-ring (bicyclic) bond motifs is 1. The van der Waals surface area contributed by atoms with Crippen LogP contribution in [0, 0.1) is 11.8 Å². The molecule has 2 amide bonds. The van der Waals surface area contributed by atoms with Gasteiger partial charge in [-0.15, -0.1) is 0 Å². The van der Waals surface area contributed by atoms with Crippen molar-refractivity contribution in [2.45, 2.75) is 93.5 Å². The van der Waals surface area contributed by atoms with Crippen molar-refractivity contribution in [3.8, 4) is 0 Å². The molecule has 15 heteroatoms. The van der Waals surface area contributed by atoms with Gasteiger partial charge in [0.25, 0.3) is 5.91 Å². The summed E-state index contributed by atoms with van der Waals surface area (Å²) in [4.78, 5) is 39.7. The molecule has 0 spiro atoms. The first-order valence-electron chi connectivity index (χ1n) is 18.8. The minimum absolute atomic E-state index is 0.0494. The minimum atomic E-state index is -1.55. The third-order valence-electron chi connectivity index (χ3n) is 10.6. The average Bonchev–Trinajstić information content (AvgIpc) is 4.15. The summed E-state index contributed by atoms with van der Waals surface area (Å²) in [6.45, 7) is -0.513. The number of benzene rings is 2. The monoisotopic (exact) mass is 764 g/mol. The first-order valence-corrected chi connectivity index (χ1v) is 18.8. The Kier molecular flexibility index (Phi) is 12.1. The Morgan fingerprint density at radius 2 is 1.62 bits per heavy atom. The quantitative estimate of drug-likeness (QED) is 0.124. The molecule has 2 aromatic carbocycles. The zero-order valence-electron chi connectivity index (χ0n) is 30.2. The number of aliphatic hydroxyl groups excluding tert-OH is 5. The number of hydrogen-bond acceptors (Lipinski definition) is 13. The molecule has 0 aromatic heterocycles. The van der Waals surface area contributed by atoms with Crippen LogP contribution in [0.15, 0.2) is 66.3 Å². The number of nitrogens with one attached hydrogen (secondary N) is 2. The summed E-state index contributed by atoms with van der Waals surface area (Å²) in [5, 5.41) is 54.1. The van der Waals surface area contributed by atoms with E-state index < -0.39 is 67.4 Å². The highest BCUT2D eigenvalue weighted by Gasteiger charge is 2.64. The standard InChI is InChI=1S/C40H48N2O13/c43-14-13-41-36(48)24-7-2-5-23(17-24)20-42-37(49)26-18-29(35-30(19-26)54-40(55-35,27-9-10-27)28-11-12-28)52-38(50)25-8-1-4-22(16-25)6-3-15-51-39-34(47)33(46)32(45)31(21-44)53-39/h1-8,16-17,19,27-35,39,43-47H,9-15,18,20-21H2,(H,41,48)(H,42,49)/t29-,30-,31-,32+,33+,34-,35+,39+/m1/s1. The van der Waals surface area contributed by atoms with E-state index in [-0.39, 0.29) is 61.9 Å². The SMILES string of the molecule is O=C(NCc1cccc(C(=O)NCCO)c1)C1=C[C@H]2OC(C3CC3)(C3CC3)O[C@H]2[C@H](OC(=O)c2cccc(C=CCO[C@H]3O[C@H](CO)[C@H](O)[C@H](O)[C@H]3O)c2)C1. The Balaban J connectivity index is 1.01. The molecule has 15 nitrogen and oxygen atoms in total. The molecule has 296 valence electrons. The van der Waals surface area contributed by atoms with Gasteiger partial charge in [-0.3, -0.25) is 9.59 Å². The lowest BCUT2D eigenvalue weighted by Gasteiger charge is -2.39. The highest BCUT2D eigenvalue weighted by Crippen LogP contribution is 2.59. The van der Waals surface area contributed by atoms with Crippen molar-refractivity contribution in [3.63, 3.8) is 0 Å². The number of hydrogen-bond donors (Lipinski definition) is 7. The zero-order chi connectivity index (χ0) is 38.7. The van der Waals surface area contributed by atoms with E-state index in [2.05, 4.69) is 10.6 Å². The van der Waals surface area contributed by atoms with Crippen LogP contribution < -0.4 is 10.6 Å². The van der Waals surface area contributed by atoms with Crippen molar-refractivity contribution in [1.29, 1.82) is 0 Å². The molecule has 55 heavy (non-hydrogen) atoms. The fourth-order valence-corrected chi connectivity index (χ4v) is 7.47. The highest BCUT2D eigenvalue weighted by molar-refractivity contribution is 5.95. The van der Waals surface area contributed by atoms with Gasteiger partial charge in [-0.25, -0.2) is 4.79 Å². The van der Waals surface area contributed by atoms with Crippen molar-refractivity contribution < 1.29 is 63.6 Å². The first-order chi connectivity index (χ1) is 26.6. The van der Waals surface area contributed by atoms with Gasteiger partial charge < -0.3 is 59.9 Å². The summed E-state index contributed by atoms with van der Waals surface area (Å²) in [5.74, 6) is -1.55. The van der Waals surface area contributed by atoms with Crippen LogP contribution in [0.3, 0.4) is 0 Å². The Bertz CT molecular complexity index is 1760. The van der Waals surface area contributed by atoms with Gasteiger partial charge in [0.1, 0.15) is 42.7 Å². The van der Waals surface area contributed by atoms with Crippen molar-refractivity contribution in [2.75, 3.05) is 26.4 Å². The number of amides is 2. The van der Waals surface area contributed by atoms with Gasteiger partial charge in [-0.05, 0) is 67.2 Å². The second-order valence-corrected chi connectivity index (χ2v) is 14.7. The Labute approximate surface area is 317 Å². The lowest BCUT2D eigenvalue weighted by atomic mass is 9.91. The molecule has 7 N–H and O–H groups in total. The third kappa shape index (κ3) is 8.85. The number of carbonyl (C=O) groups excluding carboxylic acids is 3. The van der Waals surface area contributed by atoms with Crippen molar-refractivity contribution in [3.05, 3.63) is 88.5 Å². The Morgan fingerprint density at radius 3 is 2.35 bits per heavy atom. The molecule has 2 saturated carbocycles. The van der Waals surface area contributed by atoms with E-state index in [1.165, 1.54) is 0 Å². The van der Waals surface area contributed by atoms with Crippen LogP contribution >= 0.6 is 0 Å². The predicted molar refractivity (Wildman–Crippen MR) is 193 cm³/mol. The smallest absolute Gasteiger partial charge is 0.338 e. The van der Waals surface area contributed by atoms with E-state index in [1.807, 2.05) is 0 Å². The molecule has 0 radical (unpaired) electrons. The molecule has 7 rings (SSSR count). The fourth-order valence-electron chi connectivity index (χ4n) is 7.47. The van der Waals surface area contributed by atoms with E-state index in [9.17, 15) is 34.8 Å². The van der Waals surface area contributed by atoms with Crippen molar-refractivity contribution in [1.82, 2.24) is 10.6 Å². The lowest BCUT2D eigenvalue weighted by molar-refractivity contribution is -0.298. The van der Waals surface area contributed by atoms with E-state index in [4.69, 9.17) is 28.8 Å². The molecule has 2 aromatic rings. The first kappa shape index (κ1) is 39.2. The number of carbonyl (C=O) groups is 3. The van der Waals surface area contributed by atoms with Crippen LogP contribution in [0.5, 0.6) is 0 Å². The lowest BCUT2D eigenvalue weighted by Crippen LogP contribution is -2.59. The van der Waals surface area contributed by atoms with Crippen LogP contribution in [-0.2, 0) is 35.0 Å². The van der Waals surface area contributed by atoms with Crippen LogP contribution in [0.25, 0.3) is 6.08 Å². The molecule has 2 aliphatic heterocycles. The van der Waals surface area contributed by atoms with Gasteiger partial charge in [0.15, 0.2) is 12.1 Å². The molecule has 0 unspecified atom stereocenters. The summed E-state index contributed by atoms with van der Waals surface area (Å²) in [6, 6.07) is 13.6. The number of ether oxygens (including phenoxy) is 5. The minimum Gasteiger partial charge on any atom is -0.456 e. The van der Waals surface area contributed by atoms with Gasteiger partial charge >= 0.3 is 5.97 Å². The number of esters is 1. The van der Waals surface area contributed by atoms with Crippen LogP contribution in [0.1, 0.15) is 63.9 Å². The maximum absolute atomic E-state index is 13.7. The zero-order valence-corrected chi connectivity index (χ0v) is 30.2. The third-order valence-corrected chi connectivity index (χ3v) is 10.6. The fraction of sp³-hybridized carbons (Fsp3) is 0.525. The Hall–Kier alpha value is -4.03. The van der Waals surface area contributed by atoms with Crippen LogP contribution in [0.2, 0.25) is 0 Å². The van der Waals surface area contributed by atoms with Gasteiger partial charge in [0.2, 0.25) is 5.91 Å². The molecule has 5 aliphatic rings. The topological polar surface area (TPSA) is 223 Å². The Morgan fingerprint density at radius 1 is 0.873 bits per heavy atom. The summed E-state index contributed by atoms with van der Waals surface area (Å²) in [6.07, 6.45) is 0.228. The van der Waals surface area contributed by atoms with E-state index in [0.717, 1.165) is 25.7 Å². The largest absolute Gasteiger partial charge is 0.456 e. The maximum Gasteiger partial charge on any atom is 0.338 e. The number of aliphatic hydroxyl groups is 5. The van der Waals surface area contributed by atoms with Crippen LogP contribution in [0.4, 0.5) is 0 Å². The molecule has 2 saturated heterocycles. The summed E-state index contributed by atoms with van der Waals surface area (Å²) < 4.78 is 30.4.